The molecule has 26 heavy (non-hydrogen) atoms. The van der Waals surface area contributed by atoms with Crippen molar-refractivity contribution in [3.05, 3.63) is 76.8 Å². The third kappa shape index (κ3) is 3.13. The standard InChI is InChI=1S/C19H16BrN5O/c1-24-17-5-3-2-4-16(17)23-18(24)11-21-19(26)13-6-8-15(9-7-13)25-12-14(20)10-22-25/h2-10,12H,11H2,1H3,(H,21,26). The summed E-state index contributed by atoms with van der Waals surface area (Å²) < 4.78 is 4.64. The second-order valence-corrected chi connectivity index (χ2v) is 6.82. The Kier molecular flexibility index (Phi) is 4.30. The van der Waals surface area contributed by atoms with Gasteiger partial charge in [-0.3, -0.25) is 4.79 Å². The van der Waals surface area contributed by atoms with Gasteiger partial charge in [0, 0.05) is 18.8 Å². The first-order valence-electron chi connectivity index (χ1n) is 8.11. The van der Waals surface area contributed by atoms with Gasteiger partial charge in [0.1, 0.15) is 5.82 Å². The molecule has 2 aromatic heterocycles. The van der Waals surface area contributed by atoms with Crippen LogP contribution in [0.4, 0.5) is 0 Å². The summed E-state index contributed by atoms with van der Waals surface area (Å²) in [6.07, 6.45) is 3.58. The lowest BCUT2D eigenvalue weighted by atomic mass is 10.2. The molecule has 0 saturated heterocycles. The Labute approximate surface area is 158 Å². The molecule has 0 aliphatic heterocycles. The number of para-hydroxylation sites is 2. The number of imidazole rings is 1. The highest BCUT2D eigenvalue weighted by Crippen LogP contribution is 2.15. The molecular formula is C19H16BrN5O. The number of aromatic nitrogens is 4. The molecule has 6 nitrogen and oxygen atoms in total. The van der Waals surface area contributed by atoms with Gasteiger partial charge in [0.2, 0.25) is 0 Å². The number of nitrogens with one attached hydrogen (secondary N) is 1. The van der Waals surface area contributed by atoms with E-state index in [-0.39, 0.29) is 5.91 Å². The maximum Gasteiger partial charge on any atom is 0.251 e. The number of hydrogen-bond donors (Lipinski definition) is 1. The van der Waals surface area contributed by atoms with Crippen LogP contribution in [0.25, 0.3) is 16.7 Å². The molecule has 0 unspecified atom stereocenters. The lowest BCUT2D eigenvalue weighted by Gasteiger charge is -2.07. The first-order chi connectivity index (χ1) is 12.6. The Balaban J connectivity index is 1.47. The minimum absolute atomic E-state index is 0.134. The van der Waals surface area contributed by atoms with Crippen molar-refractivity contribution in [1.82, 2.24) is 24.6 Å². The smallest absolute Gasteiger partial charge is 0.251 e. The first-order valence-corrected chi connectivity index (χ1v) is 8.90. The third-order valence-corrected chi connectivity index (χ3v) is 4.64. The number of carbonyl (C=O) groups excluding carboxylic acids is 1. The minimum atomic E-state index is -0.134. The number of rotatable bonds is 4. The second-order valence-electron chi connectivity index (χ2n) is 5.91. The lowest BCUT2D eigenvalue weighted by Crippen LogP contribution is -2.24. The molecule has 0 saturated carbocycles. The van der Waals surface area contributed by atoms with Gasteiger partial charge < -0.3 is 9.88 Å². The highest BCUT2D eigenvalue weighted by Gasteiger charge is 2.10. The molecule has 1 N–H and O–H groups in total. The van der Waals surface area contributed by atoms with E-state index in [0.717, 1.165) is 27.0 Å². The van der Waals surface area contributed by atoms with Crippen molar-refractivity contribution < 1.29 is 4.79 Å². The van der Waals surface area contributed by atoms with Gasteiger partial charge in [-0.2, -0.15) is 5.10 Å². The van der Waals surface area contributed by atoms with Crippen LogP contribution in [0.2, 0.25) is 0 Å². The van der Waals surface area contributed by atoms with Crippen LogP contribution in [0.5, 0.6) is 0 Å². The van der Waals surface area contributed by atoms with Crippen molar-refractivity contribution in [2.45, 2.75) is 6.54 Å². The van der Waals surface area contributed by atoms with Crippen LogP contribution >= 0.6 is 15.9 Å². The molecule has 2 aromatic carbocycles. The monoisotopic (exact) mass is 409 g/mol. The number of hydrogen-bond acceptors (Lipinski definition) is 3. The zero-order valence-corrected chi connectivity index (χ0v) is 15.6. The van der Waals surface area contributed by atoms with Gasteiger partial charge in [-0.1, -0.05) is 12.1 Å². The van der Waals surface area contributed by atoms with E-state index in [9.17, 15) is 4.79 Å². The average Bonchev–Trinajstić information content (AvgIpc) is 3.24. The van der Waals surface area contributed by atoms with Crippen molar-refractivity contribution in [3.8, 4) is 5.69 Å². The predicted molar refractivity (Wildman–Crippen MR) is 103 cm³/mol. The third-order valence-electron chi connectivity index (χ3n) is 4.23. The zero-order valence-electron chi connectivity index (χ0n) is 14.1. The second kappa shape index (κ2) is 6.76. The molecule has 130 valence electrons. The van der Waals surface area contributed by atoms with Gasteiger partial charge in [-0.05, 0) is 52.3 Å². The number of aryl methyl sites for hydroxylation is 1. The molecule has 0 fully saturated rings. The Morgan fingerprint density at radius 2 is 1.92 bits per heavy atom. The molecule has 0 spiro atoms. The summed E-state index contributed by atoms with van der Waals surface area (Å²) in [6.45, 7) is 0.373. The van der Waals surface area contributed by atoms with Crippen LogP contribution in [-0.2, 0) is 13.6 Å². The number of carbonyl (C=O) groups is 1. The molecule has 2 heterocycles. The maximum atomic E-state index is 12.4. The highest BCUT2D eigenvalue weighted by atomic mass is 79.9. The summed E-state index contributed by atoms with van der Waals surface area (Å²) in [6, 6.07) is 15.2. The van der Waals surface area contributed by atoms with Crippen molar-refractivity contribution in [2.75, 3.05) is 0 Å². The number of nitrogens with zero attached hydrogens (tertiary/aromatic N) is 4. The van der Waals surface area contributed by atoms with E-state index in [1.807, 2.05) is 54.2 Å². The molecule has 0 bridgehead atoms. The summed E-state index contributed by atoms with van der Waals surface area (Å²) in [4.78, 5) is 17.0. The largest absolute Gasteiger partial charge is 0.345 e. The predicted octanol–water partition coefficient (Wildman–Crippen LogP) is 3.45. The summed E-state index contributed by atoms with van der Waals surface area (Å²) in [5.74, 6) is 0.683. The van der Waals surface area contributed by atoms with Crippen molar-refractivity contribution in [3.63, 3.8) is 0 Å². The summed E-state index contributed by atoms with van der Waals surface area (Å²) in [5.41, 5.74) is 3.46. The molecule has 4 rings (SSSR count). The summed E-state index contributed by atoms with van der Waals surface area (Å²) >= 11 is 3.37. The SMILES string of the molecule is Cn1c(CNC(=O)c2ccc(-n3cc(Br)cn3)cc2)nc2ccccc21. The van der Waals surface area contributed by atoms with Crippen LogP contribution in [0.3, 0.4) is 0 Å². The van der Waals surface area contributed by atoms with Crippen molar-refractivity contribution in [2.24, 2.45) is 7.05 Å². The van der Waals surface area contributed by atoms with Crippen molar-refractivity contribution >= 4 is 32.9 Å². The minimum Gasteiger partial charge on any atom is -0.345 e. The molecule has 0 aliphatic carbocycles. The van der Waals surface area contributed by atoms with Gasteiger partial charge in [-0.15, -0.1) is 0 Å². The summed E-state index contributed by atoms with van der Waals surface area (Å²) in [5, 5.41) is 7.15. The normalized spacial score (nSPS) is 11.0. The van der Waals surface area contributed by atoms with Crippen LogP contribution in [0, 0.1) is 0 Å². The van der Waals surface area contributed by atoms with E-state index < -0.39 is 0 Å². The molecule has 0 atom stereocenters. The number of fused-ring (bicyclic) bond motifs is 1. The maximum absolute atomic E-state index is 12.4. The van der Waals surface area contributed by atoms with E-state index in [1.54, 1.807) is 23.0 Å². The highest BCUT2D eigenvalue weighted by molar-refractivity contribution is 9.10. The Morgan fingerprint density at radius 3 is 2.62 bits per heavy atom. The molecule has 7 heteroatoms. The van der Waals surface area contributed by atoms with Gasteiger partial charge in [0.05, 0.1) is 33.9 Å². The molecular weight excluding hydrogens is 394 g/mol. The molecule has 4 aromatic rings. The van der Waals surface area contributed by atoms with Gasteiger partial charge in [0.25, 0.3) is 5.91 Å². The quantitative estimate of drug-likeness (QED) is 0.561. The van der Waals surface area contributed by atoms with E-state index in [4.69, 9.17) is 0 Å². The fourth-order valence-electron chi connectivity index (χ4n) is 2.82. The fourth-order valence-corrected chi connectivity index (χ4v) is 3.11. The molecule has 0 aliphatic rings. The number of amides is 1. The number of benzene rings is 2. The van der Waals surface area contributed by atoms with Gasteiger partial charge in [0.15, 0.2) is 0 Å². The number of halogens is 1. The molecule has 0 radical (unpaired) electrons. The van der Waals surface area contributed by atoms with E-state index in [2.05, 4.69) is 31.3 Å². The van der Waals surface area contributed by atoms with Crippen LogP contribution < -0.4 is 5.32 Å². The fraction of sp³-hybridized carbons (Fsp3) is 0.105. The Hall–Kier alpha value is -2.93. The van der Waals surface area contributed by atoms with Gasteiger partial charge >= 0.3 is 0 Å². The Bertz CT molecular complexity index is 1080. The topological polar surface area (TPSA) is 64.7 Å². The first kappa shape index (κ1) is 16.5. The average molecular weight is 410 g/mol. The van der Waals surface area contributed by atoms with E-state index in [0.29, 0.717) is 12.1 Å². The molecule has 1 amide bonds. The van der Waals surface area contributed by atoms with E-state index in [1.165, 1.54) is 0 Å². The van der Waals surface area contributed by atoms with Crippen LogP contribution in [0.1, 0.15) is 16.2 Å². The van der Waals surface area contributed by atoms with Crippen molar-refractivity contribution in [1.29, 1.82) is 0 Å². The summed E-state index contributed by atoms with van der Waals surface area (Å²) in [7, 11) is 1.95. The van der Waals surface area contributed by atoms with Crippen LogP contribution in [0.15, 0.2) is 65.4 Å². The van der Waals surface area contributed by atoms with Gasteiger partial charge in [-0.25, -0.2) is 9.67 Å². The van der Waals surface area contributed by atoms with Crippen LogP contribution in [-0.4, -0.2) is 25.2 Å². The Morgan fingerprint density at radius 1 is 1.15 bits per heavy atom. The lowest BCUT2D eigenvalue weighted by molar-refractivity contribution is 0.0949. The zero-order chi connectivity index (χ0) is 18.1. The van der Waals surface area contributed by atoms with E-state index >= 15 is 0 Å².